The summed E-state index contributed by atoms with van der Waals surface area (Å²) in [6.45, 7) is 4.11. The standard InChI is InChI=1S/C16H18BrNO/c1-11(17)10-12(2)18-16(19)15-9-5-7-13-6-3-4-8-14(13)15/h3-9,11-12H,10H2,1-2H3,(H,18,19). The number of hydrogen-bond acceptors (Lipinski definition) is 1. The van der Waals surface area contributed by atoms with Crippen LogP contribution in [0.3, 0.4) is 0 Å². The lowest BCUT2D eigenvalue weighted by molar-refractivity contribution is 0.0940. The summed E-state index contributed by atoms with van der Waals surface area (Å²) in [4.78, 5) is 12.7. The van der Waals surface area contributed by atoms with Gasteiger partial charge in [-0.15, -0.1) is 0 Å². The van der Waals surface area contributed by atoms with E-state index < -0.39 is 0 Å². The number of nitrogens with one attached hydrogen (secondary N) is 1. The quantitative estimate of drug-likeness (QED) is 0.843. The smallest absolute Gasteiger partial charge is 0.252 e. The zero-order chi connectivity index (χ0) is 13.8. The first-order valence-corrected chi connectivity index (χ1v) is 7.42. The third-order valence-corrected chi connectivity index (χ3v) is 3.46. The van der Waals surface area contributed by atoms with Crippen molar-refractivity contribution in [3.8, 4) is 0 Å². The first kappa shape index (κ1) is 14.1. The van der Waals surface area contributed by atoms with Crippen molar-refractivity contribution < 1.29 is 4.79 Å². The largest absolute Gasteiger partial charge is 0.350 e. The molecule has 2 rings (SSSR count). The van der Waals surface area contributed by atoms with Crippen molar-refractivity contribution in [1.82, 2.24) is 5.32 Å². The first-order chi connectivity index (χ1) is 9.08. The summed E-state index contributed by atoms with van der Waals surface area (Å²) in [5, 5.41) is 5.15. The molecular weight excluding hydrogens is 302 g/mol. The second-order valence-electron chi connectivity index (χ2n) is 4.92. The van der Waals surface area contributed by atoms with E-state index in [2.05, 4.69) is 28.2 Å². The summed E-state index contributed by atoms with van der Waals surface area (Å²) >= 11 is 3.51. The molecule has 0 aromatic heterocycles. The van der Waals surface area contributed by atoms with Crippen LogP contribution in [0.4, 0.5) is 0 Å². The molecule has 0 aliphatic carbocycles. The zero-order valence-electron chi connectivity index (χ0n) is 11.2. The van der Waals surface area contributed by atoms with Crippen molar-refractivity contribution in [2.24, 2.45) is 0 Å². The van der Waals surface area contributed by atoms with Crippen LogP contribution in [-0.4, -0.2) is 16.8 Å². The second-order valence-corrected chi connectivity index (χ2v) is 6.48. The van der Waals surface area contributed by atoms with Gasteiger partial charge >= 0.3 is 0 Å². The third kappa shape index (κ3) is 3.57. The summed E-state index contributed by atoms with van der Waals surface area (Å²) in [6, 6.07) is 13.9. The molecule has 2 aromatic carbocycles. The average Bonchev–Trinajstić information content (AvgIpc) is 2.36. The number of rotatable bonds is 4. The van der Waals surface area contributed by atoms with Crippen molar-refractivity contribution in [2.45, 2.75) is 31.1 Å². The lowest BCUT2D eigenvalue weighted by atomic mass is 10.0. The van der Waals surface area contributed by atoms with Gasteiger partial charge in [0.05, 0.1) is 0 Å². The van der Waals surface area contributed by atoms with E-state index in [9.17, 15) is 4.79 Å². The Morgan fingerprint density at radius 1 is 1.16 bits per heavy atom. The van der Waals surface area contributed by atoms with Crippen LogP contribution in [0.25, 0.3) is 10.8 Å². The number of carbonyl (C=O) groups excluding carboxylic acids is 1. The molecule has 19 heavy (non-hydrogen) atoms. The Kier molecular flexibility index (Phi) is 4.59. The maximum absolute atomic E-state index is 12.3. The molecule has 2 aromatic rings. The molecule has 2 nitrogen and oxygen atoms in total. The van der Waals surface area contributed by atoms with Gasteiger partial charge in [0.2, 0.25) is 0 Å². The minimum Gasteiger partial charge on any atom is -0.350 e. The molecule has 0 fully saturated rings. The summed E-state index contributed by atoms with van der Waals surface area (Å²) in [6.07, 6.45) is 0.913. The number of amides is 1. The Balaban J connectivity index is 2.22. The summed E-state index contributed by atoms with van der Waals surface area (Å²) in [5.41, 5.74) is 0.743. The number of carbonyl (C=O) groups is 1. The third-order valence-electron chi connectivity index (χ3n) is 3.09. The molecule has 0 bridgehead atoms. The molecule has 0 radical (unpaired) electrons. The van der Waals surface area contributed by atoms with E-state index in [1.165, 1.54) is 0 Å². The van der Waals surface area contributed by atoms with Crippen LogP contribution in [0, 0.1) is 0 Å². The van der Waals surface area contributed by atoms with Crippen LogP contribution < -0.4 is 5.32 Å². The molecule has 0 saturated carbocycles. The number of fused-ring (bicyclic) bond motifs is 1. The predicted octanol–water partition coefficient (Wildman–Crippen LogP) is 4.13. The number of hydrogen-bond donors (Lipinski definition) is 1. The molecule has 2 atom stereocenters. The number of benzene rings is 2. The molecule has 1 N–H and O–H groups in total. The highest BCUT2D eigenvalue weighted by Crippen LogP contribution is 2.18. The minimum atomic E-state index is -0.00236. The highest BCUT2D eigenvalue weighted by atomic mass is 79.9. The van der Waals surface area contributed by atoms with E-state index >= 15 is 0 Å². The van der Waals surface area contributed by atoms with Gasteiger partial charge in [-0.25, -0.2) is 0 Å². The van der Waals surface area contributed by atoms with Crippen LogP contribution in [0.2, 0.25) is 0 Å². The van der Waals surface area contributed by atoms with Crippen LogP contribution in [-0.2, 0) is 0 Å². The Morgan fingerprint density at radius 2 is 1.84 bits per heavy atom. The molecule has 0 aliphatic heterocycles. The summed E-state index contributed by atoms with van der Waals surface area (Å²) in [7, 11) is 0. The average molecular weight is 320 g/mol. The fourth-order valence-corrected chi connectivity index (χ4v) is 2.83. The highest BCUT2D eigenvalue weighted by molar-refractivity contribution is 9.09. The highest BCUT2D eigenvalue weighted by Gasteiger charge is 2.13. The monoisotopic (exact) mass is 319 g/mol. The summed E-state index contributed by atoms with van der Waals surface area (Å²) in [5.74, 6) is -0.00236. The zero-order valence-corrected chi connectivity index (χ0v) is 12.8. The Bertz CT molecular complexity index is 574. The fraction of sp³-hybridized carbons (Fsp3) is 0.312. The SMILES string of the molecule is CC(Br)CC(C)NC(=O)c1cccc2ccccc12. The van der Waals surface area contributed by atoms with Gasteiger partial charge in [-0.05, 0) is 30.2 Å². The van der Waals surface area contributed by atoms with Gasteiger partial charge in [0, 0.05) is 16.4 Å². The topological polar surface area (TPSA) is 29.1 Å². The van der Waals surface area contributed by atoms with E-state index in [4.69, 9.17) is 0 Å². The molecule has 3 heteroatoms. The second kappa shape index (κ2) is 6.20. The predicted molar refractivity (Wildman–Crippen MR) is 83.9 cm³/mol. The molecule has 2 unspecified atom stereocenters. The van der Waals surface area contributed by atoms with Crippen LogP contribution in [0.15, 0.2) is 42.5 Å². The fourth-order valence-electron chi connectivity index (χ4n) is 2.27. The van der Waals surface area contributed by atoms with Gasteiger partial charge in [0.1, 0.15) is 0 Å². The van der Waals surface area contributed by atoms with E-state index in [1.54, 1.807) is 0 Å². The lowest BCUT2D eigenvalue weighted by Gasteiger charge is -2.16. The minimum absolute atomic E-state index is 0.00236. The number of alkyl halides is 1. The molecule has 0 aliphatic rings. The van der Waals surface area contributed by atoms with Crippen molar-refractivity contribution in [2.75, 3.05) is 0 Å². The maximum Gasteiger partial charge on any atom is 0.252 e. The van der Waals surface area contributed by atoms with E-state index in [0.717, 1.165) is 22.8 Å². The van der Waals surface area contributed by atoms with E-state index in [-0.39, 0.29) is 11.9 Å². The van der Waals surface area contributed by atoms with Gasteiger partial charge in [0.15, 0.2) is 0 Å². The van der Waals surface area contributed by atoms with Crippen LogP contribution in [0.5, 0.6) is 0 Å². The molecule has 0 saturated heterocycles. The normalized spacial score (nSPS) is 14.1. The first-order valence-electron chi connectivity index (χ1n) is 6.50. The molecule has 0 heterocycles. The van der Waals surface area contributed by atoms with E-state index in [1.807, 2.05) is 49.4 Å². The Hall–Kier alpha value is -1.35. The van der Waals surface area contributed by atoms with Gasteiger partial charge < -0.3 is 5.32 Å². The van der Waals surface area contributed by atoms with Crippen molar-refractivity contribution in [1.29, 1.82) is 0 Å². The number of halogens is 1. The molecule has 1 amide bonds. The van der Waals surface area contributed by atoms with Gasteiger partial charge in [-0.1, -0.05) is 59.3 Å². The maximum atomic E-state index is 12.3. The molecule has 100 valence electrons. The lowest BCUT2D eigenvalue weighted by Crippen LogP contribution is -2.33. The Labute approximate surface area is 122 Å². The van der Waals surface area contributed by atoms with Crippen LogP contribution in [0.1, 0.15) is 30.6 Å². The molecule has 0 spiro atoms. The van der Waals surface area contributed by atoms with Crippen LogP contribution >= 0.6 is 15.9 Å². The van der Waals surface area contributed by atoms with Crippen molar-refractivity contribution in [3.63, 3.8) is 0 Å². The Morgan fingerprint density at radius 3 is 2.58 bits per heavy atom. The summed E-state index contributed by atoms with van der Waals surface area (Å²) < 4.78 is 0. The van der Waals surface area contributed by atoms with Gasteiger partial charge in [-0.3, -0.25) is 4.79 Å². The molecular formula is C16H18BrNO. The van der Waals surface area contributed by atoms with Crippen molar-refractivity contribution in [3.05, 3.63) is 48.0 Å². The van der Waals surface area contributed by atoms with E-state index in [0.29, 0.717) is 4.83 Å². The van der Waals surface area contributed by atoms with Gasteiger partial charge in [0.25, 0.3) is 5.91 Å². The van der Waals surface area contributed by atoms with Gasteiger partial charge in [-0.2, -0.15) is 0 Å². The van der Waals surface area contributed by atoms with Crippen molar-refractivity contribution >= 4 is 32.6 Å².